The fraction of sp³-hybridized carbons (Fsp3) is 0.613. The molecule has 0 spiro atoms. The van der Waals surface area contributed by atoms with E-state index in [9.17, 15) is 9.90 Å². The third-order valence-electron chi connectivity index (χ3n) is 8.57. The number of aliphatic hydroxyl groups is 1. The van der Waals surface area contributed by atoms with Crippen LogP contribution < -0.4 is 5.32 Å². The minimum atomic E-state index is -0.149. The number of aromatic nitrogens is 4. The van der Waals surface area contributed by atoms with Crippen molar-refractivity contribution in [3.8, 4) is 0 Å². The van der Waals surface area contributed by atoms with Crippen LogP contribution in [-0.4, -0.2) is 60.7 Å². The summed E-state index contributed by atoms with van der Waals surface area (Å²) in [6, 6.07) is 4.11. The second kappa shape index (κ2) is 12.0. The molecule has 1 amide bonds. The average Bonchev–Trinajstić information content (AvgIpc) is 3.26. The summed E-state index contributed by atoms with van der Waals surface area (Å²) in [5, 5.41) is 14.6. The highest BCUT2D eigenvalue weighted by Gasteiger charge is 2.28. The Kier molecular flexibility index (Phi) is 8.50. The molecule has 3 aromatic rings. The Bertz CT molecular complexity index is 1270. The van der Waals surface area contributed by atoms with Crippen molar-refractivity contribution in [1.82, 2.24) is 24.4 Å². The molecule has 8 nitrogen and oxygen atoms in total. The third kappa shape index (κ3) is 6.43. The van der Waals surface area contributed by atoms with Gasteiger partial charge < -0.3 is 19.9 Å². The van der Waals surface area contributed by atoms with Crippen LogP contribution in [0.25, 0.3) is 11.0 Å². The third-order valence-corrected chi connectivity index (χ3v) is 8.57. The summed E-state index contributed by atoms with van der Waals surface area (Å²) >= 11 is 0. The fourth-order valence-corrected chi connectivity index (χ4v) is 6.49. The largest absolute Gasteiger partial charge is 0.393 e. The number of nitrogens with one attached hydrogen (secondary N) is 1. The van der Waals surface area contributed by atoms with Crippen molar-refractivity contribution in [2.45, 2.75) is 104 Å². The number of carbonyl (C=O) groups is 1. The molecule has 2 aliphatic rings. The van der Waals surface area contributed by atoms with Gasteiger partial charge in [-0.2, -0.15) is 4.98 Å². The Labute approximate surface area is 232 Å². The van der Waals surface area contributed by atoms with E-state index < -0.39 is 0 Å². The van der Waals surface area contributed by atoms with E-state index in [0.717, 1.165) is 99.0 Å². The summed E-state index contributed by atoms with van der Waals surface area (Å²) in [7, 11) is 0. The molecule has 1 atom stereocenters. The number of pyridine rings is 1. The lowest BCUT2D eigenvalue weighted by atomic mass is 9.87. The van der Waals surface area contributed by atoms with Gasteiger partial charge in [0, 0.05) is 60.4 Å². The highest BCUT2D eigenvalue weighted by Crippen LogP contribution is 2.36. The quantitative estimate of drug-likeness (QED) is 0.391. The molecule has 0 aromatic carbocycles. The van der Waals surface area contributed by atoms with Gasteiger partial charge in [-0.3, -0.25) is 9.78 Å². The van der Waals surface area contributed by atoms with E-state index in [1.165, 1.54) is 5.56 Å². The molecule has 210 valence electrons. The van der Waals surface area contributed by atoms with Crippen molar-refractivity contribution >= 4 is 22.9 Å². The van der Waals surface area contributed by atoms with Gasteiger partial charge in [0.15, 0.2) is 0 Å². The number of piperidine rings is 1. The summed E-state index contributed by atoms with van der Waals surface area (Å²) < 4.78 is 2.34. The van der Waals surface area contributed by atoms with Gasteiger partial charge in [-0.25, -0.2) is 4.98 Å². The number of carbonyl (C=O) groups excluding carboxylic acids is 1. The Hall–Kier alpha value is -3.00. The molecular formula is C31H44N6O2. The molecule has 2 fully saturated rings. The number of rotatable bonds is 8. The van der Waals surface area contributed by atoms with E-state index in [2.05, 4.69) is 34.9 Å². The van der Waals surface area contributed by atoms with Crippen LogP contribution in [-0.2, 0) is 6.54 Å². The topological polar surface area (TPSA) is 96.2 Å². The second-order valence-corrected chi connectivity index (χ2v) is 11.9. The van der Waals surface area contributed by atoms with E-state index in [1.807, 2.05) is 37.1 Å². The molecule has 5 rings (SSSR count). The van der Waals surface area contributed by atoms with Crippen molar-refractivity contribution in [2.24, 2.45) is 5.92 Å². The molecular weight excluding hydrogens is 488 g/mol. The normalized spacial score (nSPS) is 21.3. The lowest BCUT2D eigenvalue weighted by Crippen LogP contribution is -2.38. The van der Waals surface area contributed by atoms with E-state index >= 15 is 0 Å². The smallest absolute Gasteiger partial charge is 0.253 e. The molecule has 0 radical (unpaired) electrons. The maximum Gasteiger partial charge on any atom is 0.253 e. The van der Waals surface area contributed by atoms with Crippen molar-refractivity contribution < 1.29 is 9.90 Å². The van der Waals surface area contributed by atoms with Gasteiger partial charge in [-0.1, -0.05) is 13.3 Å². The Morgan fingerprint density at radius 2 is 1.77 bits per heavy atom. The van der Waals surface area contributed by atoms with Crippen LogP contribution >= 0.6 is 0 Å². The summed E-state index contributed by atoms with van der Waals surface area (Å²) in [5.41, 5.74) is 4.80. The average molecular weight is 533 g/mol. The molecule has 3 aromatic heterocycles. The first-order valence-corrected chi connectivity index (χ1v) is 14.9. The van der Waals surface area contributed by atoms with Crippen molar-refractivity contribution in [3.63, 3.8) is 0 Å². The number of likely N-dealkylation sites (tertiary alicyclic amines) is 1. The first kappa shape index (κ1) is 27.6. The van der Waals surface area contributed by atoms with Crippen LogP contribution in [0.15, 0.2) is 24.5 Å². The number of fused-ring (bicyclic) bond motifs is 1. The van der Waals surface area contributed by atoms with Crippen molar-refractivity contribution in [3.05, 3.63) is 47.0 Å². The van der Waals surface area contributed by atoms with Gasteiger partial charge in [0.2, 0.25) is 5.95 Å². The van der Waals surface area contributed by atoms with Crippen molar-refractivity contribution in [1.29, 1.82) is 0 Å². The van der Waals surface area contributed by atoms with E-state index in [1.54, 1.807) is 0 Å². The zero-order valence-electron chi connectivity index (χ0n) is 24.0. The zero-order valence-corrected chi connectivity index (χ0v) is 24.0. The van der Waals surface area contributed by atoms with Crippen LogP contribution in [0.3, 0.4) is 0 Å². The molecule has 2 N–H and O–H groups in total. The number of nitrogens with zero attached hydrogens (tertiary/aromatic N) is 5. The molecule has 1 saturated heterocycles. The van der Waals surface area contributed by atoms with E-state index in [-0.39, 0.29) is 12.0 Å². The first-order valence-electron chi connectivity index (χ1n) is 14.9. The maximum absolute atomic E-state index is 13.2. The standard InChI is InChI=1S/C31H44N6O2/c1-5-6-20(2)34-31-32-17-27-28(19-37(29(27)35-31)18-23-7-9-26(38)10-8-23)24-11-13-36(14-12-24)30(39)25-15-21(3)33-22(4)16-25/h15-17,19-20,23-24,26,38H,5-14,18H2,1-4H3,(H,32,34,35). The minimum Gasteiger partial charge on any atom is -0.393 e. The van der Waals surface area contributed by atoms with Gasteiger partial charge >= 0.3 is 0 Å². The molecule has 8 heteroatoms. The summed E-state index contributed by atoms with van der Waals surface area (Å²) in [4.78, 5) is 29.4. The molecule has 1 aliphatic heterocycles. The number of amides is 1. The SMILES string of the molecule is CCCC(C)Nc1ncc2c(C3CCN(C(=O)c4cc(C)nc(C)c4)CC3)cn(CC3CCC(O)CC3)c2n1. The molecule has 39 heavy (non-hydrogen) atoms. The molecule has 0 bridgehead atoms. The summed E-state index contributed by atoms with van der Waals surface area (Å²) in [6.07, 6.45) is 12.1. The van der Waals surface area contributed by atoms with Crippen LogP contribution in [0, 0.1) is 19.8 Å². The first-order chi connectivity index (χ1) is 18.8. The second-order valence-electron chi connectivity index (χ2n) is 11.9. The Morgan fingerprint density at radius 3 is 2.44 bits per heavy atom. The number of hydrogen-bond acceptors (Lipinski definition) is 6. The van der Waals surface area contributed by atoms with E-state index in [4.69, 9.17) is 9.97 Å². The Balaban J connectivity index is 1.36. The highest BCUT2D eigenvalue weighted by atomic mass is 16.3. The van der Waals surface area contributed by atoms with Gasteiger partial charge in [0.1, 0.15) is 5.65 Å². The monoisotopic (exact) mass is 532 g/mol. The lowest BCUT2D eigenvalue weighted by molar-refractivity contribution is 0.0713. The molecule has 1 aliphatic carbocycles. The van der Waals surface area contributed by atoms with E-state index in [0.29, 0.717) is 23.8 Å². The Morgan fingerprint density at radius 1 is 1.08 bits per heavy atom. The van der Waals surface area contributed by atoms with Gasteiger partial charge in [0.25, 0.3) is 5.91 Å². The molecule has 1 saturated carbocycles. The van der Waals surface area contributed by atoms with Crippen LogP contribution in [0.1, 0.15) is 98.4 Å². The van der Waals surface area contributed by atoms with Crippen LogP contribution in [0.4, 0.5) is 5.95 Å². The zero-order chi connectivity index (χ0) is 27.5. The maximum atomic E-state index is 13.2. The highest BCUT2D eigenvalue weighted by molar-refractivity contribution is 5.94. The number of anilines is 1. The van der Waals surface area contributed by atoms with Crippen LogP contribution in [0.2, 0.25) is 0 Å². The summed E-state index contributed by atoms with van der Waals surface area (Å²) in [5.74, 6) is 1.71. The summed E-state index contributed by atoms with van der Waals surface area (Å²) in [6.45, 7) is 10.7. The molecule has 1 unspecified atom stereocenters. The number of aryl methyl sites for hydroxylation is 2. The van der Waals surface area contributed by atoms with Gasteiger partial charge in [-0.05, 0) is 95.2 Å². The minimum absolute atomic E-state index is 0.101. The number of hydrogen-bond donors (Lipinski definition) is 2. The predicted molar refractivity (Wildman–Crippen MR) is 155 cm³/mol. The van der Waals surface area contributed by atoms with Gasteiger partial charge in [0.05, 0.1) is 6.10 Å². The molecule has 4 heterocycles. The van der Waals surface area contributed by atoms with Crippen molar-refractivity contribution in [2.75, 3.05) is 18.4 Å². The fourth-order valence-electron chi connectivity index (χ4n) is 6.49. The lowest BCUT2D eigenvalue weighted by Gasteiger charge is -2.32. The number of aliphatic hydroxyl groups excluding tert-OH is 1. The predicted octanol–water partition coefficient (Wildman–Crippen LogP) is 5.61. The van der Waals surface area contributed by atoms with Crippen LogP contribution in [0.5, 0.6) is 0 Å². The van der Waals surface area contributed by atoms with Gasteiger partial charge in [-0.15, -0.1) is 0 Å².